The third-order valence-electron chi connectivity index (χ3n) is 3.37. The minimum atomic E-state index is -0.380. The molecule has 1 aromatic carbocycles. The number of aryl methyl sites for hydroxylation is 1. The molecule has 3 rings (SSSR count). The van der Waals surface area contributed by atoms with Crippen molar-refractivity contribution in [2.45, 2.75) is 6.92 Å². The van der Waals surface area contributed by atoms with Crippen molar-refractivity contribution in [3.8, 4) is 17.0 Å². The molecule has 0 spiro atoms. The predicted molar refractivity (Wildman–Crippen MR) is 78.6 cm³/mol. The summed E-state index contributed by atoms with van der Waals surface area (Å²) in [5.74, 6) is 0.658. The van der Waals surface area contributed by atoms with Gasteiger partial charge in [0.1, 0.15) is 0 Å². The first-order valence-corrected chi connectivity index (χ1v) is 6.37. The molecule has 0 aliphatic rings. The average molecular weight is 283 g/mol. The molecule has 2 aromatic heterocycles. The van der Waals surface area contributed by atoms with Gasteiger partial charge in [-0.05, 0) is 19.1 Å². The van der Waals surface area contributed by atoms with Gasteiger partial charge >= 0.3 is 0 Å². The molecule has 0 amide bonds. The Morgan fingerprint density at radius 1 is 1.33 bits per heavy atom. The van der Waals surface area contributed by atoms with Gasteiger partial charge in [-0.1, -0.05) is 12.1 Å². The summed E-state index contributed by atoms with van der Waals surface area (Å²) in [6, 6.07) is 8.79. The van der Waals surface area contributed by atoms with E-state index in [1.807, 2.05) is 35.0 Å². The number of aromatic nitrogens is 2. The SMILES string of the molecule is COc1cccn2cc(-c3ccc(C)c([N+](=O)[O-])c3)nc12. The second-order valence-corrected chi connectivity index (χ2v) is 4.69. The van der Waals surface area contributed by atoms with E-state index in [0.717, 1.165) is 0 Å². The van der Waals surface area contributed by atoms with E-state index in [1.54, 1.807) is 26.2 Å². The molecule has 0 saturated heterocycles. The number of nitro groups is 1. The molecular weight excluding hydrogens is 270 g/mol. The number of nitro benzene ring substituents is 1. The van der Waals surface area contributed by atoms with Crippen LogP contribution in [0.4, 0.5) is 5.69 Å². The van der Waals surface area contributed by atoms with E-state index < -0.39 is 0 Å². The van der Waals surface area contributed by atoms with Gasteiger partial charge in [-0.2, -0.15) is 0 Å². The number of ether oxygens (including phenoxy) is 1. The van der Waals surface area contributed by atoms with Crippen molar-refractivity contribution < 1.29 is 9.66 Å². The number of imidazole rings is 1. The van der Waals surface area contributed by atoms with Crippen molar-refractivity contribution in [2.24, 2.45) is 0 Å². The van der Waals surface area contributed by atoms with Crippen LogP contribution < -0.4 is 4.74 Å². The molecule has 6 heteroatoms. The Bertz CT molecular complexity index is 839. The maximum absolute atomic E-state index is 11.0. The number of hydrogen-bond acceptors (Lipinski definition) is 4. The first-order valence-electron chi connectivity index (χ1n) is 6.37. The number of fused-ring (bicyclic) bond motifs is 1. The summed E-state index contributed by atoms with van der Waals surface area (Å²) >= 11 is 0. The third-order valence-corrected chi connectivity index (χ3v) is 3.37. The largest absolute Gasteiger partial charge is 0.493 e. The van der Waals surface area contributed by atoms with Crippen LogP contribution in [-0.4, -0.2) is 21.4 Å². The Morgan fingerprint density at radius 3 is 2.86 bits per heavy atom. The van der Waals surface area contributed by atoms with Crippen LogP contribution >= 0.6 is 0 Å². The average Bonchev–Trinajstić information content (AvgIpc) is 2.91. The zero-order valence-electron chi connectivity index (χ0n) is 11.6. The lowest BCUT2D eigenvalue weighted by Crippen LogP contribution is -1.92. The predicted octanol–water partition coefficient (Wildman–Crippen LogP) is 3.23. The first-order chi connectivity index (χ1) is 10.1. The van der Waals surface area contributed by atoms with Crippen LogP contribution in [-0.2, 0) is 0 Å². The summed E-state index contributed by atoms with van der Waals surface area (Å²) in [5.41, 5.74) is 2.78. The number of rotatable bonds is 3. The number of methoxy groups -OCH3 is 1. The van der Waals surface area contributed by atoms with Crippen LogP contribution in [0, 0.1) is 17.0 Å². The van der Waals surface area contributed by atoms with E-state index in [9.17, 15) is 10.1 Å². The quantitative estimate of drug-likeness (QED) is 0.546. The van der Waals surface area contributed by atoms with Crippen molar-refractivity contribution in [1.82, 2.24) is 9.38 Å². The maximum Gasteiger partial charge on any atom is 0.272 e. The van der Waals surface area contributed by atoms with Crippen LogP contribution in [0.5, 0.6) is 5.75 Å². The molecular formula is C15H13N3O3. The molecule has 0 bridgehead atoms. The molecule has 3 aromatic rings. The zero-order chi connectivity index (χ0) is 15.0. The highest BCUT2D eigenvalue weighted by molar-refractivity contribution is 5.68. The molecule has 0 aliphatic heterocycles. The minimum Gasteiger partial charge on any atom is -0.493 e. The fourth-order valence-electron chi connectivity index (χ4n) is 2.25. The van der Waals surface area contributed by atoms with E-state index in [0.29, 0.717) is 28.2 Å². The Morgan fingerprint density at radius 2 is 2.14 bits per heavy atom. The standard InChI is InChI=1S/C15H13N3O3/c1-10-5-6-11(8-13(10)18(19)20)12-9-17-7-3-4-14(21-2)15(17)16-12/h3-9H,1-2H3. The second kappa shape index (κ2) is 4.90. The van der Waals surface area contributed by atoms with Crippen molar-refractivity contribution in [3.63, 3.8) is 0 Å². The van der Waals surface area contributed by atoms with Crippen LogP contribution in [0.25, 0.3) is 16.9 Å². The monoisotopic (exact) mass is 283 g/mol. The Balaban J connectivity index is 2.17. The van der Waals surface area contributed by atoms with Gasteiger partial charge in [-0.15, -0.1) is 0 Å². The van der Waals surface area contributed by atoms with Crippen molar-refractivity contribution in [2.75, 3.05) is 7.11 Å². The summed E-state index contributed by atoms with van der Waals surface area (Å²) in [6.07, 6.45) is 3.68. The maximum atomic E-state index is 11.0. The smallest absolute Gasteiger partial charge is 0.272 e. The van der Waals surface area contributed by atoms with Crippen LogP contribution in [0.2, 0.25) is 0 Å². The molecule has 0 N–H and O–H groups in total. The summed E-state index contributed by atoms with van der Waals surface area (Å²) in [6.45, 7) is 1.72. The molecule has 0 fully saturated rings. The van der Waals surface area contributed by atoms with E-state index in [2.05, 4.69) is 4.98 Å². The van der Waals surface area contributed by atoms with Gasteiger partial charge in [-0.25, -0.2) is 4.98 Å². The van der Waals surface area contributed by atoms with Crippen LogP contribution in [0.1, 0.15) is 5.56 Å². The fourth-order valence-corrected chi connectivity index (χ4v) is 2.25. The second-order valence-electron chi connectivity index (χ2n) is 4.69. The zero-order valence-corrected chi connectivity index (χ0v) is 11.6. The Labute approximate surface area is 120 Å². The first kappa shape index (κ1) is 13.1. The van der Waals surface area contributed by atoms with E-state index in [4.69, 9.17) is 4.74 Å². The van der Waals surface area contributed by atoms with Crippen LogP contribution in [0.15, 0.2) is 42.7 Å². The van der Waals surface area contributed by atoms with Gasteiger partial charge in [0.25, 0.3) is 5.69 Å². The van der Waals surface area contributed by atoms with Gasteiger partial charge in [0, 0.05) is 29.6 Å². The van der Waals surface area contributed by atoms with Crippen molar-refractivity contribution >= 4 is 11.3 Å². The summed E-state index contributed by atoms with van der Waals surface area (Å²) in [7, 11) is 1.58. The highest BCUT2D eigenvalue weighted by Gasteiger charge is 2.14. The fraction of sp³-hybridized carbons (Fsp3) is 0.133. The molecule has 6 nitrogen and oxygen atoms in total. The van der Waals surface area contributed by atoms with E-state index in [1.165, 1.54) is 0 Å². The number of hydrogen-bond donors (Lipinski definition) is 0. The molecule has 21 heavy (non-hydrogen) atoms. The molecule has 0 atom stereocenters. The summed E-state index contributed by atoms with van der Waals surface area (Å²) in [4.78, 5) is 15.2. The summed E-state index contributed by atoms with van der Waals surface area (Å²) in [5, 5.41) is 11.0. The highest BCUT2D eigenvalue weighted by Crippen LogP contribution is 2.28. The van der Waals surface area contributed by atoms with Crippen molar-refractivity contribution in [3.05, 3.63) is 58.4 Å². The van der Waals surface area contributed by atoms with E-state index >= 15 is 0 Å². The highest BCUT2D eigenvalue weighted by atomic mass is 16.6. The van der Waals surface area contributed by atoms with Crippen LogP contribution in [0.3, 0.4) is 0 Å². The molecule has 106 valence electrons. The lowest BCUT2D eigenvalue weighted by Gasteiger charge is -2.00. The normalized spacial score (nSPS) is 10.8. The van der Waals surface area contributed by atoms with Gasteiger partial charge < -0.3 is 9.14 Å². The topological polar surface area (TPSA) is 69.7 Å². The molecule has 0 aliphatic carbocycles. The van der Waals surface area contributed by atoms with Gasteiger partial charge in [0.15, 0.2) is 11.4 Å². The molecule has 0 saturated carbocycles. The van der Waals surface area contributed by atoms with E-state index in [-0.39, 0.29) is 10.6 Å². The Hall–Kier alpha value is -2.89. The van der Waals surface area contributed by atoms with Gasteiger partial charge in [-0.3, -0.25) is 10.1 Å². The summed E-state index contributed by atoms with van der Waals surface area (Å²) < 4.78 is 7.10. The molecule has 0 radical (unpaired) electrons. The number of benzene rings is 1. The molecule has 0 unspecified atom stereocenters. The van der Waals surface area contributed by atoms with Crippen molar-refractivity contribution in [1.29, 1.82) is 0 Å². The van der Waals surface area contributed by atoms with Gasteiger partial charge in [0.2, 0.25) is 0 Å². The van der Waals surface area contributed by atoms with Gasteiger partial charge in [0.05, 0.1) is 17.7 Å². The molecule has 2 heterocycles. The minimum absolute atomic E-state index is 0.0940. The third kappa shape index (κ3) is 2.20. The number of nitrogens with zero attached hydrogens (tertiary/aromatic N) is 3. The number of pyridine rings is 1. The lowest BCUT2D eigenvalue weighted by molar-refractivity contribution is -0.385. The lowest BCUT2D eigenvalue weighted by atomic mass is 10.1. The Kier molecular flexibility index (Phi) is 3.06.